The van der Waals surface area contributed by atoms with Crippen LogP contribution >= 0.6 is 0 Å². The van der Waals surface area contributed by atoms with Gasteiger partial charge in [0.2, 0.25) is 0 Å². The number of ether oxygens (including phenoxy) is 1. The third-order valence-corrected chi connectivity index (χ3v) is 2.45. The number of Topliss-reactive ketones (excluding diaryl/α,β-unsaturated/α-hetero) is 1. The molecule has 0 aliphatic carbocycles. The van der Waals surface area contributed by atoms with Crippen LogP contribution in [-0.4, -0.2) is 12.4 Å². The molecule has 2 heteroatoms. The summed E-state index contributed by atoms with van der Waals surface area (Å²) < 4.78 is 5.35. The van der Waals surface area contributed by atoms with Crippen molar-refractivity contribution in [2.24, 2.45) is 0 Å². The summed E-state index contributed by atoms with van der Waals surface area (Å²) in [7, 11) is 0. The largest absolute Gasteiger partial charge is 0.481 e. The molecule has 0 unspecified atom stereocenters. The molecule has 0 fully saturated rings. The van der Waals surface area contributed by atoms with E-state index in [2.05, 4.69) is 12.5 Å². The summed E-state index contributed by atoms with van der Waals surface area (Å²) in [5.41, 5.74) is 0.656. The summed E-state index contributed by atoms with van der Waals surface area (Å²) >= 11 is 0. The van der Waals surface area contributed by atoms with E-state index in [-0.39, 0.29) is 12.4 Å². The molecule has 0 amide bonds. The second-order valence-corrected chi connectivity index (χ2v) is 3.80. The first-order chi connectivity index (χ1) is 8.58. The Balaban J connectivity index is 3.14. The van der Waals surface area contributed by atoms with Gasteiger partial charge in [0.05, 0.1) is 0 Å². The van der Waals surface area contributed by atoms with Crippen LogP contribution in [0.5, 0.6) is 0 Å². The Morgan fingerprint density at radius 2 is 2.28 bits per heavy atom. The monoisotopic (exact) mass is 240 g/mol. The van der Waals surface area contributed by atoms with E-state index in [9.17, 15) is 4.79 Å². The maximum Gasteiger partial charge on any atom is 0.159 e. The van der Waals surface area contributed by atoms with Crippen molar-refractivity contribution in [2.45, 2.75) is 13.8 Å². The minimum absolute atomic E-state index is 0.0290. The topological polar surface area (TPSA) is 26.3 Å². The highest BCUT2D eigenvalue weighted by molar-refractivity contribution is 5.93. The minimum Gasteiger partial charge on any atom is -0.481 e. The zero-order valence-corrected chi connectivity index (χ0v) is 10.7. The van der Waals surface area contributed by atoms with Crippen LogP contribution in [0.1, 0.15) is 24.2 Å². The van der Waals surface area contributed by atoms with E-state index in [1.54, 1.807) is 12.1 Å². The summed E-state index contributed by atoms with van der Waals surface area (Å²) in [6, 6.07) is 5.39. The van der Waals surface area contributed by atoms with Gasteiger partial charge in [0.25, 0.3) is 0 Å². The number of terminal acetylenes is 1. The first-order valence-corrected chi connectivity index (χ1v) is 5.62. The van der Waals surface area contributed by atoms with Crippen molar-refractivity contribution in [1.29, 1.82) is 0 Å². The standard InChI is InChI=1S/C16H16O2/c1-5-9-18-16(6-2)11-14-7-8-15(13(4)17)10-12(14)3/h1,6-8,10-11H,3,9H2,2,4H3/b14-11-,16-6+. The molecule has 0 aliphatic rings. The molecule has 2 nitrogen and oxygen atoms in total. The number of hydrogen-bond acceptors (Lipinski definition) is 2. The van der Waals surface area contributed by atoms with Gasteiger partial charge >= 0.3 is 0 Å². The molecule has 0 N–H and O–H groups in total. The van der Waals surface area contributed by atoms with Gasteiger partial charge < -0.3 is 4.74 Å². The molecule has 0 saturated carbocycles. The minimum atomic E-state index is 0.0290. The fourth-order valence-corrected chi connectivity index (χ4v) is 1.45. The molecule has 0 saturated heterocycles. The third-order valence-electron chi connectivity index (χ3n) is 2.45. The Kier molecular flexibility index (Phi) is 4.95. The molecule has 0 spiro atoms. The number of carbonyl (C=O) groups excluding carboxylic acids is 1. The Morgan fingerprint density at radius 3 is 2.78 bits per heavy atom. The number of allylic oxidation sites excluding steroid dienone is 2. The van der Waals surface area contributed by atoms with Crippen molar-refractivity contribution >= 4 is 18.4 Å². The smallest absolute Gasteiger partial charge is 0.159 e. The molecular weight excluding hydrogens is 224 g/mol. The molecule has 0 aliphatic heterocycles. The van der Waals surface area contributed by atoms with Crippen molar-refractivity contribution in [2.75, 3.05) is 6.61 Å². The van der Waals surface area contributed by atoms with Gasteiger partial charge in [-0.05, 0) is 42.5 Å². The van der Waals surface area contributed by atoms with Crippen LogP contribution < -0.4 is 10.4 Å². The lowest BCUT2D eigenvalue weighted by atomic mass is 10.1. The number of ketones is 1. The normalized spacial score (nSPS) is 12.1. The van der Waals surface area contributed by atoms with Crippen molar-refractivity contribution < 1.29 is 9.53 Å². The summed E-state index contributed by atoms with van der Waals surface area (Å²) in [5, 5.41) is 1.69. The fraction of sp³-hybridized carbons (Fsp3) is 0.188. The van der Waals surface area contributed by atoms with Crippen molar-refractivity contribution in [1.82, 2.24) is 0 Å². The van der Waals surface area contributed by atoms with E-state index in [0.29, 0.717) is 11.3 Å². The van der Waals surface area contributed by atoms with Gasteiger partial charge in [-0.2, -0.15) is 0 Å². The predicted molar refractivity (Wildman–Crippen MR) is 74.2 cm³/mol. The van der Waals surface area contributed by atoms with Crippen LogP contribution in [0.25, 0.3) is 12.7 Å². The van der Waals surface area contributed by atoms with Crippen molar-refractivity contribution in [3.63, 3.8) is 0 Å². The maximum atomic E-state index is 11.2. The third kappa shape index (κ3) is 3.64. The van der Waals surface area contributed by atoms with E-state index < -0.39 is 0 Å². The Bertz CT molecular complexity index is 615. The van der Waals surface area contributed by atoms with Gasteiger partial charge in [-0.15, -0.1) is 6.42 Å². The predicted octanol–water partition coefficient (Wildman–Crippen LogP) is 1.63. The number of hydrogen-bond donors (Lipinski definition) is 0. The highest BCUT2D eigenvalue weighted by Crippen LogP contribution is 1.98. The molecule has 1 aromatic carbocycles. The summed E-state index contributed by atoms with van der Waals surface area (Å²) in [6.45, 7) is 7.56. The highest BCUT2D eigenvalue weighted by atomic mass is 16.5. The maximum absolute atomic E-state index is 11.2. The lowest BCUT2D eigenvalue weighted by Gasteiger charge is -2.02. The van der Waals surface area contributed by atoms with Crippen LogP contribution in [0.15, 0.2) is 30.0 Å². The summed E-state index contributed by atoms with van der Waals surface area (Å²) in [5.74, 6) is 3.13. The number of rotatable bonds is 4. The van der Waals surface area contributed by atoms with E-state index in [1.807, 2.05) is 25.1 Å². The first kappa shape index (κ1) is 13.8. The Morgan fingerprint density at radius 1 is 1.56 bits per heavy atom. The second-order valence-electron chi connectivity index (χ2n) is 3.80. The van der Waals surface area contributed by atoms with Crippen molar-refractivity contribution in [3.8, 4) is 12.3 Å². The lowest BCUT2D eigenvalue weighted by Crippen LogP contribution is -2.24. The van der Waals surface area contributed by atoms with E-state index >= 15 is 0 Å². The van der Waals surface area contributed by atoms with Crippen LogP contribution in [0, 0.1) is 12.3 Å². The molecular formula is C16H16O2. The average molecular weight is 240 g/mol. The van der Waals surface area contributed by atoms with Gasteiger partial charge in [-0.1, -0.05) is 24.6 Å². The zero-order chi connectivity index (χ0) is 13.5. The molecule has 1 aromatic rings. The van der Waals surface area contributed by atoms with Gasteiger partial charge in [0, 0.05) is 5.56 Å². The molecule has 92 valence electrons. The number of benzene rings is 1. The van der Waals surface area contributed by atoms with E-state index in [4.69, 9.17) is 11.2 Å². The molecule has 0 heterocycles. The highest BCUT2D eigenvalue weighted by Gasteiger charge is 1.98. The van der Waals surface area contributed by atoms with Crippen LogP contribution in [0.2, 0.25) is 0 Å². The summed E-state index contributed by atoms with van der Waals surface area (Å²) in [4.78, 5) is 11.2. The van der Waals surface area contributed by atoms with Gasteiger partial charge in [0.1, 0.15) is 12.4 Å². The molecule has 0 radical (unpaired) electrons. The van der Waals surface area contributed by atoms with E-state index in [0.717, 1.165) is 10.4 Å². The molecule has 0 bridgehead atoms. The fourth-order valence-electron chi connectivity index (χ4n) is 1.45. The lowest BCUT2D eigenvalue weighted by molar-refractivity contribution is 0.101. The van der Waals surface area contributed by atoms with Crippen LogP contribution in [-0.2, 0) is 4.74 Å². The quantitative estimate of drug-likeness (QED) is 0.454. The molecule has 0 atom stereocenters. The second kappa shape index (κ2) is 6.46. The summed E-state index contributed by atoms with van der Waals surface area (Å²) in [6.07, 6.45) is 8.82. The zero-order valence-electron chi connectivity index (χ0n) is 10.7. The van der Waals surface area contributed by atoms with Crippen LogP contribution in [0.4, 0.5) is 0 Å². The SMILES string of the molecule is C#CCOC(/C=c1/ccc(C(C)=O)cc1=C)=C/C. The molecule has 0 aromatic heterocycles. The average Bonchev–Trinajstić information content (AvgIpc) is 2.35. The van der Waals surface area contributed by atoms with Gasteiger partial charge in [-0.25, -0.2) is 0 Å². The van der Waals surface area contributed by atoms with Gasteiger partial charge in [0.15, 0.2) is 5.78 Å². The Labute approximate surface area is 107 Å². The van der Waals surface area contributed by atoms with E-state index in [1.165, 1.54) is 6.92 Å². The molecule has 1 rings (SSSR count). The van der Waals surface area contributed by atoms with Crippen molar-refractivity contribution in [3.05, 3.63) is 46.0 Å². The first-order valence-electron chi connectivity index (χ1n) is 5.62. The van der Waals surface area contributed by atoms with Gasteiger partial charge in [-0.3, -0.25) is 4.79 Å². The number of carbonyl (C=O) groups is 1. The molecule has 18 heavy (non-hydrogen) atoms. The Hall–Kier alpha value is -2.27. The van der Waals surface area contributed by atoms with Crippen LogP contribution in [0.3, 0.4) is 0 Å².